The van der Waals surface area contributed by atoms with Gasteiger partial charge in [-0.3, -0.25) is 47.9 Å². The van der Waals surface area contributed by atoms with E-state index in [4.69, 9.17) is 17.2 Å². The minimum absolute atomic E-state index is 0.0263. The fraction of sp³-hybridized carbons (Fsp3) is 0.575. The maximum absolute atomic E-state index is 13.7. The van der Waals surface area contributed by atoms with Crippen LogP contribution in [0, 0.1) is 5.92 Å². The van der Waals surface area contributed by atoms with Gasteiger partial charge in [0.2, 0.25) is 53.2 Å². The summed E-state index contributed by atoms with van der Waals surface area (Å²) in [4.78, 5) is 140. The number of hydrogen-bond acceptors (Lipinski definition) is 14. The van der Waals surface area contributed by atoms with Crippen molar-refractivity contribution in [1.82, 2.24) is 37.2 Å². The van der Waals surface area contributed by atoms with Crippen molar-refractivity contribution < 1.29 is 68.1 Å². The van der Waals surface area contributed by atoms with E-state index in [0.717, 1.165) is 6.92 Å². The van der Waals surface area contributed by atoms with Gasteiger partial charge in [-0.25, -0.2) is 4.79 Å². The summed E-state index contributed by atoms with van der Waals surface area (Å²) in [5, 5.41) is 45.4. The molecule has 1 aromatic carbocycles. The van der Waals surface area contributed by atoms with Crippen LogP contribution >= 0.6 is 11.8 Å². The van der Waals surface area contributed by atoms with E-state index in [-0.39, 0.29) is 31.4 Å². The molecule has 1 aromatic rings. The second-order valence-electron chi connectivity index (χ2n) is 15.5. The van der Waals surface area contributed by atoms with Crippen molar-refractivity contribution in [2.45, 2.75) is 127 Å². The quantitative estimate of drug-likeness (QED) is 0.0348. The molecule has 0 bridgehead atoms. The highest BCUT2D eigenvalue weighted by Crippen LogP contribution is 2.10. The lowest BCUT2D eigenvalue weighted by Gasteiger charge is -2.28. The van der Waals surface area contributed by atoms with Crippen LogP contribution < -0.4 is 54.4 Å². The highest BCUT2D eigenvalue weighted by molar-refractivity contribution is 7.98. The van der Waals surface area contributed by atoms with Crippen LogP contribution in [0.15, 0.2) is 30.3 Å². The summed E-state index contributed by atoms with van der Waals surface area (Å²) in [6.45, 7) is 5.45. The number of nitrogens with two attached hydrogens (primary N) is 3. The third kappa shape index (κ3) is 21.3. The van der Waals surface area contributed by atoms with E-state index in [1.807, 2.05) is 0 Å². The normalized spacial score (nSPS) is 15.1. The maximum atomic E-state index is 13.7. The largest absolute Gasteiger partial charge is 0.481 e. The zero-order valence-corrected chi connectivity index (χ0v) is 37.6. The van der Waals surface area contributed by atoms with Gasteiger partial charge in [0.1, 0.15) is 36.3 Å². The van der Waals surface area contributed by atoms with Crippen LogP contribution in [-0.4, -0.2) is 147 Å². The highest BCUT2D eigenvalue weighted by atomic mass is 32.2. The van der Waals surface area contributed by atoms with Gasteiger partial charge in [-0.05, 0) is 56.6 Å². The Morgan fingerprint density at radius 3 is 1.57 bits per heavy atom. The minimum Gasteiger partial charge on any atom is -0.481 e. The topological polar surface area (TPSA) is 411 Å². The van der Waals surface area contributed by atoms with Crippen molar-refractivity contribution in [3.8, 4) is 0 Å². The molecule has 0 spiro atoms. The van der Waals surface area contributed by atoms with E-state index in [2.05, 4.69) is 37.2 Å². The van der Waals surface area contributed by atoms with Crippen molar-refractivity contribution >= 4 is 76.9 Å². The second-order valence-corrected chi connectivity index (χ2v) is 16.4. The SMILES string of the molecule is CSCC[C@H](NC(=O)[C@H](CC(=O)O)NC(=O)[C@@H](NC(=O)[C@H](C)NC(=O)[C@H](Cc1ccccc1)NC(=O)[C@@H](N)CCC(N)=O)C(C)C)C(=O)N[C@@H](CCC(N)=O)C(=O)N[C@H](C(=O)O)[C@@H](C)O. The Morgan fingerprint density at radius 2 is 1.06 bits per heavy atom. The van der Waals surface area contributed by atoms with Crippen molar-refractivity contribution in [1.29, 1.82) is 0 Å². The fourth-order valence-corrected chi connectivity index (χ4v) is 6.32. The summed E-state index contributed by atoms with van der Waals surface area (Å²) < 4.78 is 0. The first-order valence-electron chi connectivity index (χ1n) is 20.5. The van der Waals surface area contributed by atoms with Gasteiger partial charge in [0.15, 0.2) is 6.04 Å². The summed E-state index contributed by atoms with van der Waals surface area (Å²) in [7, 11) is 0. The van der Waals surface area contributed by atoms with E-state index < -0.39 is 145 Å². The average Bonchev–Trinajstić information content (AvgIpc) is 3.22. The smallest absolute Gasteiger partial charge is 0.328 e. The molecule has 0 saturated heterocycles. The summed E-state index contributed by atoms with van der Waals surface area (Å²) in [5.41, 5.74) is 16.9. The first-order chi connectivity index (χ1) is 30.4. The first-order valence-corrected chi connectivity index (χ1v) is 21.9. The van der Waals surface area contributed by atoms with Gasteiger partial charge in [-0.1, -0.05) is 44.2 Å². The maximum Gasteiger partial charge on any atom is 0.328 e. The molecule has 0 aliphatic carbocycles. The zero-order chi connectivity index (χ0) is 49.6. The molecular formula is C40H62N10O14S. The van der Waals surface area contributed by atoms with Crippen LogP contribution in [-0.2, 0) is 59.2 Å². The minimum atomic E-state index is -1.84. The zero-order valence-electron chi connectivity index (χ0n) is 36.8. The Balaban J connectivity index is 3.26. The molecule has 24 nitrogen and oxygen atoms in total. The molecule has 9 amide bonds. The van der Waals surface area contributed by atoms with Crippen molar-refractivity contribution in [2.24, 2.45) is 23.1 Å². The van der Waals surface area contributed by atoms with Crippen molar-refractivity contribution in [3.63, 3.8) is 0 Å². The summed E-state index contributed by atoms with van der Waals surface area (Å²) in [6, 6.07) is -3.35. The number of aliphatic hydroxyl groups excluding tert-OH is 1. The molecule has 9 atom stereocenters. The summed E-state index contributed by atoms with van der Waals surface area (Å²) in [5.74, 6) is -11.9. The van der Waals surface area contributed by atoms with Gasteiger partial charge in [0.25, 0.3) is 0 Å². The molecule has 0 heterocycles. The molecule has 16 N–H and O–H groups in total. The molecule has 1 rings (SSSR count). The molecule has 25 heteroatoms. The molecule has 0 aliphatic heterocycles. The summed E-state index contributed by atoms with van der Waals surface area (Å²) in [6.07, 6.45) is -2.15. The Bertz CT molecular complexity index is 1850. The number of aliphatic hydroxyl groups is 1. The van der Waals surface area contributed by atoms with Crippen LogP contribution in [0.25, 0.3) is 0 Å². The van der Waals surface area contributed by atoms with Gasteiger partial charge in [0, 0.05) is 19.3 Å². The molecule has 0 fully saturated rings. The third-order valence-corrected chi connectivity index (χ3v) is 10.2. The number of carboxylic acid groups (broad SMARTS) is 2. The van der Waals surface area contributed by atoms with E-state index in [9.17, 15) is 68.1 Å². The molecule has 0 aliphatic rings. The van der Waals surface area contributed by atoms with Crippen LogP contribution in [0.4, 0.5) is 0 Å². The second kappa shape index (κ2) is 28.5. The highest BCUT2D eigenvalue weighted by Gasteiger charge is 2.36. The molecule has 65 heavy (non-hydrogen) atoms. The number of hydrogen-bond donors (Lipinski definition) is 13. The number of aliphatic carboxylic acids is 2. The van der Waals surface area contributed by atoms with Crippen molar-refractivity contribution in [3.05, 3.63) is 35.9 Å². The molecular weight excluding hydrogens is 877 g/mol. The van der Waals surface area contributed by atoms with Crippen molar-refractivity contribution in [2.75, 3.05) is 12.0 Å². The molecule has 0 aromatic heterocycles. The number of nitrogens with one attached hydrogen (secondary N) is 7. The van der Waals surface area contributed by atoms with E-state index >= 15 is 0 Å². The molecule has 0 unspecified atom stereocenters. The standard InChI is InChI=1S/C40H62N10O14S/c1-19(2)31(49-33(56)20(3)44-37(60)26(17-22-9-7-6-8-10-22)47-34(57)23(41)11-13-28(42)52)39(62)48-27(18-30(54)55)38(61)46-25(15-16-65-5)35(58)45-24(12-14-29(43)53)36(59)50-32(21(4)51)40(63)64/h6-10,19-21,23-27,31-32,51H,11-18,41H2,1-5H3,(H2,42,52)(H2,43,53)(H,44,60)(H,45,58)(H,46,61)(H,47,57)(H,48,62)(H,49,56)(H,50,59)(H,54,55)(H,63,64)/t20-,21+,23-,24-,25-,26-,27-,31-,32-/m0/s1. The predicted octanol–water partition coefficient (Wildman–Crippen LogP) is -4.15. The van der Waals surface area contributed by atoms with Gasteiger partial charge in [-0.15, -0.1) is 0 Å². The number of carbonyl (C=O) groups is 11. The Labute approximate surface area is 379 Å². The van der Waals surface area contributed by atoms with Crippen LogP contribution in [0.3, 0.4) is 0 Å². The predicted molar refractivity (Wildman–Crippen MR) is 234 cm³/mol. The lowest BCUT2D eigenvalue weighted by molar-refractivity contribution is -0.145. The van der Waals surface area contributed by atoms with Gasteiger partial charge < -0.3 is 69.7 Å². The number of benzene rings is 1. The van der Waals surface area contributed by atoms with E-state index in [0.29, 0.717) is 5.56 Å². The average molecular weight is 939 g/mol. The Hall–Kier alpha value is -6.34. The van der Waals surface area contributed by atoms with Gasteiger partial charge in [-0.2, -0.15) is 11.8 Å². The Kier molecular flexibility index (Phi) is 24.8. The fourth-order valence-electron chi connectivity index (χ4n) is 5.85. The number of amides is 9. The first kappa shape index (κ1) is 56.7. The van der Waals surface area contributed by atoms with Crippen LogP contribution in [0.1, 0.15) is 71.8 Å². The number of rotatable bonds is 30. The van der Waals surface area contributed by atoms with Crippen LogP contribution in [0.2, 0.25) is 0 Å². The van der Waals surface area contributed by atoms with E-state index in [1.54, 1.807) is 36.6 Å². The monoisotopic (exact) mass is 938 g/mol. The molecule has 0 radical (unpaired) electrons. The van der Waals surface area contributed by atoms with Gasteiger partial charge >= 0.3 is 11.9 Å². The molecule has 0 saturated carbocycles. The number of primary amides is 2. The lowest BCUT2D eigenvalue weighted by Crippen LogP contribution is -2.61. The number of carboxylic acids is 2. The van der Waals surface area contributed by atoms with E-state index in [1.165, 1.54) is 32.5 Å². The van der Waals surface area contributed by atoms with Crippen LogP contribution in [0.5, 0.6) is 0 Å². The lowest BCUT2D eigenvalue weighted by atomic mass is 10.0. The molecule has 362 valence electrons. The summed E-state index contributed by atoms with van der Waals surface area (Å²) >= 11 is 1.25. The Morgan fingerprint density at radius 1 is 0.585 bits per heavy atom. The third-order valence-electron chi connectivity index (χ3n) is 9.57. The number of carbonyl (C=O) groups excluding carboxylic acids is 9. The van der Waals surface area contributed by atoms with Gasteiger partial charge in [0.05, 0.1) is 18.6 Å². The number of thioether (sulfide) groups is 1.